The highest BCUT2D eigenvalue weighted by Gasteiger charge is 2.35. The molecule has 0 radical (unpaired) electrons. The van der Waals surface area contributed by atoms with Crippen LogP contribution in [0, 0.1) is 12.3 Å². The lowest BCUT2D eigenvalue weighted by atomic mass is 9.92. The van der Waals surface area contributed by atoms with Crippen molar-refractivity contribution in [2.45, 2.75) is 91.6 Å². The number of amides is 3. The maximum atomic E-state index is 13.0. The molecule has 0 atom stereocenters. The van der Waals surface area contributed by atoms with Crippen LogP contribution in [0.15, 0.2) is 0 Å². The van der Waals surface area contributed by atoms with Crippen LogP contribution in [0.3, 0.4) is 0 Å². The summed E-state index contributed by atoms with van der Waals surface area (Å²) in [6.45, 7) is 19.9. The van der Waals surface area contributed by atoms with E-state index >= 15 is 0 Å². The molecule has 0 aromatic rings. The van der Waals surface area contributed by atoms with Gasteiger partial charge in [-0.3, -0.25) is 19.3 Å². The molecule has 8 nitrogen and oxygen atoms in total. The molecule has 0 spiro atoms. The highest BCUT2D eigenvalue weighted by atomic mass is 16.5. The second-order valence-corrected chi connectivity index (χ2v) is 10.7. The van der Waals surface area contributed by atoms with Crippen molar-refractivity contribution in [2.24, 2.45) is 0 Å². The third kappa shape index (κ3) is 9.74. The Balaban J connectivity index is 2.94. The standard InChI is InChI=1S/C28H50N4O4/c1-9-15-30(24(33)10-2)16-13-27(5,6)31(25(34)11-3)17-14-28(7,8)32(26(35)12-4)19-18-29-20-22-36-23-21-29/h1H,10-23H2,2-8H3. The number of rotatable bonds is 15. The molecule has 8 heteroatoms. The fourth-order valence-corrected chi connectivity index (χ4v) is 4.67. The van der Waals surface area contributed by atoms with Crippen LogP contribution in [0.4, 0.5) is 0 Å². The Morgan fingerprint density at radius 2 is 1.28 bits per heavy atom. The molecule has 0 saturated carbocycles. The molecule has 36 heavy (non-hydrogen) atoms. The lowest BCUT2D eigenvalue weighted by Crippen LogP contribution is -2.55. The molecule has 3 amide bonds. The lowest BCUT2D eigenvalue weighted by molar-refractivity contribution is -0.139. The van der Waals surface area contributed by atoms with E-state index in [1.165, 1.54) is 0 Å². The molecule has 0 aromatic carbocycles. The van der Waals surface area contributed by atoms with Crippen LogP contribution in [0.25, 0.3) is 0 Å². The van der Waals surface area contributed by atoms with Crippen molar-refractivity contribution in [3.63, 3.8) is 0 Å². The van der Waals surface area contributed by atoms with Crippen molar-refractivity contribution >= 4 is 17.7 Å². The molecule has 1 aliphatic heterocycles. The van der Waals surface area contributed by atoms with Crippen LogP contribution >= 0.6 is 0 Å². The number of hydrogen-bond acceptors (Lipinski definition) is 5. The van der Waals surface area contributed by atoms with Gasteiger partial charge in [0.25, 0.3) is 0 Å². The summed E-state index contributed by atoms with van der Waals surface area (Å²) < 4.78 is 5.45. The molecule has 206 valence electrons. The molecule has 1 fully saturated rings. The summed E-state index contributed by atoms with van der Waals surface area (Å²) in [5, 5.41) is 0. The fraction of sp³-hybridized carbons (Fsp3) is 0.821. The van der Waals surface area contributed by atoms with Gasteiger partial charge in [-0.1, -0.05) is 26.7 Å². The number of hydrogen-bond donors (Lipinski definition) is 0. The third-order valence-corrected chi connectivity index (χ3v) is 7.29. The van der Waals surface area contributed by atoms with Crippen LogP contribution in [0.1, 0.15) is 80.6 Å². The van der Waals surface area contributed by atoms with E-state index in [1.54, 1.807) is 4.90 Å². The first-order valence-corrected chi connectivity index (χ1v) is 13.6. The zero-order chi connectivity index (χ0) is 27.4. The molecule has 0 bridgehead atoms. The van der Waals surface area contributed by atoms with E-state index < -0.39 is 11.1 Å². The van der Waals surface area contributed by atoms with Gasteiger partial charge in [0.2, 0.25) is 17.7 Å². The summed E-state index contributed by atoms with van der Waals surface area (Å²) in [5.41, 5.74) is -0.868. The first kappa shape index (κ1) is 31.9. The SMILES string of the molecule is C#CCN(CCC(C)(C)N(CCC(C)(C)N(CCN1CCOCC1)C(=O)CC)C(=O)CC)C(=O)CC. The van der Waals surface area contributed by atoms with Crippen molar-refractivity contribution in [2.75, 3.05) is 59.0 Å². The van der Waals surface area contributed by atoms with Crippen molar-refractivity contribution in [3.8, 4) is 12.3 Å². The Kier molecular flexibility index (Phi) is 13.5. The van der Waals surface area contributed by atoms with Crippen LogP contribution in [-0.4, -0.2) is 107 Å². The molecule has 1 heterocycles. The van der Waals surface area contributed by atoms with Gasteiger partial charge in [-0.15, -0.1) is 6.42 Å². The molecular formula is C28H50N4O4. The average Bonchev–Trinajstić information content (AvgIpc) is 2.86. The number of nitrogens with zero attached hydrogens (tertiary/aromatic N) is 4. The normalized spacial score (nSPS) is 14.7. The van der Waals surface area contributed by atoms with Crippen molar-refractivity contribution < 1.29 is 19.1 Å². The highest BCUT2D eigenvalue weighted by Crippen LogP contribution is 2.26. The minimum Gasteiger partial charge on any atom is -0.379 e. The second kappa shape index (κ2) is 15.2. The fourth-order valence-electron chi connectivity index (χ4n) is 4.67. The molecule has 0 aliphatic carbocycles. The predicted octanol–water partition coefficient (Wildman–Crippen LogP) is 3.01. The molecule has 0 unspecified atom stereocenters. The maximum absolute atomic E-state index is 13.0. The Morgan fingerprint density at radius 3 is 1.75 bits per heavy atom. The third-order valence-electron chi connectivity index (χ3n) is 7.29. The van der Waals surface area contributed by atoms with Crippen LogP contribution in [0.5, 0.6) is 0 Å². The Hall–Kier alpha value is -2.11. The van der Waals surface area contributed by atoms with Gasteiger partial charge in [0.05, 0.1) is 19.8 Å². The first-order chi connectivity index (χ1) is 16.9. The van der Waals surface area contributed by atoms with E-state index in [0.717, 1.165) is 32.8 Å². The van der Waals surface area contributed by atoms with Crippen molar-refractivity contribution in [1.82, 2.24) is 19.6 Å². The van der Waals surface area contributed by atoms with Crippen LogP contribution in [-0.2, 0) is 19.1 Å². The monoisotopic (exact) mass is 506 g/mol. The lowest BCUT2D eigenvalue weighted by Gasteiger charge is -2.44. The average molecular weight is 507 g/mol. The minimum atomic E-state index is -0.461. The van der Waals surface area contributed by atoms with E-state index in [0.29, 0.717) is 51.7 Å². The second-order valence-electron chi connectivity index (χ2n) is 10.7. The van der Waals surface area contributed by atoms with Gasteiger partial charge >= 0.3 is 0 Å². The molecule has 1 aliphatic rings. The zero-order valence-corrected chi connectivity index (χ0v) is 23.9. The quantitative estimate of drug-likeness (QED) is 0.319. The summed E-state index contributed by atoms with van der Waals surface area (Å²) in [4.78, 5) is 46.2. The minimum absolute atomic E-state index is 0.0206. The van der Waals surface area contributed by atoms with E-state index in [2.05, 4.69) is 24.7 Å². The summed E-state index contributed by atoms with van der Waals surface area (Å²) in [7, 11) is 0. The largest absolute Gasteiger partial charge is 0.379 e. The van der Waals surface area contributed by atoms with Gasteiger partial charge < -0.3 is 19.4 Å². The Morgan fingerprint density at radius 1 is 0.806 bits per heavy atom. The van der Waals surface area contributed by atoms with Crippen LogP contribution < -0.4 is 0 Å². The Bertz CT molecular complexity index is 753. The summed E-state index contributed by atoms with van der Waals surface area (Å²) >= 11 is 0. The van der Waals surface area contributed by atoms with Crippen LogP contribution in [0.2, 0.25) is 0 Å². The van der Waals surface area contributed by atoms with Gasteiger partial charge in [0, 0.05) is 69.6 Å². The molecule has 1 saturated heterocycles. The zero-order valence-electron chi connectivity index (χ0n) is 23.9. The Labute approximate surface area is 219 Å². The number of terminal acetylenes is 1. The van der Waals surface area contributed by atoms with Gasteiger partial charge in [0.15, 0.2) is 0 Å². The van der Waals surface area contributed by atoms with Gasteiger partial charge in [-0.05, 0) is 40.5 Å². The molecule has 0 N–H and O–H groups in total. The van der Waals surface area contributed by atoms with Crippen molar-refractivity contribution in [1.29, 1.82) is 0 Å². The van der Waals surface area contributed by atoms with Gasteiger partial charge in [0.1, 0.15) is 0 Å². The van der Waals surface area contributed by atoms with Crippen molar-refractivity contribution in [3.05, 3.63) is 0 Å². The van der Waals surface area contributed by atoms with E-state index in [1.807, 2.05) is 44.4 Å². The van der Waals surface area contributed by atoms with Gasteiger partial charge in [-0.25, -0.2) is 0 Å². The molecule has 1 rings (SSSR count). The number of carbonyl (C=O) groups excluding carboxylic acids is 3. The molecule has 0 aromatic heterocycles. The van der Waals surface area contributed by atoms with E-state index in [4.69, 9.17) is 11.2 Å². The molecular weight excluding hydrogens is 456 g/mol. The van der Waals surface area contributed by atoms with E-state index in [9.17, 15) is 14.4 Å². The number of morpholine rings is 1. The summed E-state index contributed by atoms with van der Waals surface area (Å²) in [6, 6.07) is 0. The topological polar surface area (TPSA) is 73.4 Å². The highest BCUT2D eigenvalue weighted by molar-refractivity contribution is 5.78. The maximum Gasteiger partial charge on any atom is 0.223 e. The summed E-state index contributed by atoms with van der Waals surface area (Å²) in [6.07, 6.45) is 8.02. The van der Waals surface area contributed by atoms with E-state index in [-0.39, 0.29) is 24.3 Å². The summed E-state index contributed by atoms with van der Waals surface area (Å²) in [5.74, 6) is 2.79. The number of ether oxygens (including phenoxy) is 1. The predicted molar refractivity (Wildman–Crippen MR) is 144 cm³/mol. The first-order valence-electron chi connectivity index (χ1n) is 13.6. The number of carbonyl (C=O) groups is 3. The van der Waals surface area contributed by atoms with Gasteiger partial charge in [-0.2, -0.15) is 0 Å². The smallest absolute Gasteiger partial charge is 0.223 e.